The van der Waals surface area contributed by atoms with Gasteiger partial charge in [0, 0.05) is 31.6 Å². The molecule has 31 heavy (non-hydrogen) atoms. The molecule has 2 N–H and O–H groups in total. The second kappa shape index (κ2) is 7.96. The number of hydrogen-bond donors (Lipinski definition) is 1. The Balaban J connectivity index is 1.22. The number of anilines is 1. The van der Waals surface area contributed by atoms with Crippen LogP contribution in [-0.4, -0.2) is 61.4 Å². The van der Waals surface area contributed by atoms with Gasteiger partial charge in [-0.1, -0.05) is 24.3 Å². The highest BCUT2D eigenvalue weighted by Crippen LogP contribution is 2.19. The molecule has 0 atom stereocenters. The number of aromatic nitrogens is 4. The first-order valence-electron chi connectivity index (χ1n) is 10.5. The van der Waals surface area contributed by atoms with Crippen molar-refractivity contribution in [1.82, 2.24) is 29.3 Å². The topological polar surface area (TPSA) is 93.2 Å². The van der Waals surface area contributed by atoms with Crippen molar-refractivity contribution in [2.45, 2.75) is 20.0 Å². The normalized spacial score (nSPS) is 15.1. The first kappa shape index (κ1) is 19.4. The first-order chi connectivity index (χ1) is 15.1. The molecule has 8 heteroatoms. The van der Waals surface area contributed by atoms with Gasteiger partial charge in [-0.05, 0) is 31.2 Å². The Bertz CT molecular complexity index is 1260. The molecule has 0 saturated carbocycles. The van der Waals surface area contributed by atoms with Crippen molar-refractivity contribution < 1.29 is 4.79 Å². The second-order valence-corrected chi connectivity index (χ2v) is 7.93. The Hall–Kier alpha value is -3.52. The SMILES string of the molecule is Cc1nc2ccccc2n1CC(=O)N1CCN(Cc2nc(N)c3ccccc3n2)CC1. The fourth-order valence-electron chi connectivity index (χ4n) is 4.21. The van der Waals surface area contributed by atoms with Crippen molar-refractivity contribution in [2.75, 3.05) is 31.9 Å². The fraction of sp³-hybridized carbons (Fsp3) is 0.304. The van der Waals surface area contributed by atoms with Crippen LogP contribution in [0.5, 0.6) is 0 Å². The van der Waals surface area contributed by atoms with Crippen LogP contribution in [0.3, 0.4) is 0 Å². The number of carbonyl (C=O) groups excluding carboxylic acids is 1. The summed E-state index contributed by atoms with van der Waals surface area (Å²) in [4.78, 5) is 30.8. The molecule has 3 heterocycles. The third-order valence-electron chi connectivity index (χ3n) is 5.91. The number of imidazole rings is 1. The Kier molecular flexibility index (Phi) is 4.99. The van der Waals surface area contributed by atoms with Crippen molar-refractivity contribution in [2.24, 2.45) is 0 Å². The van der Waals surface area contributed by atoms with Crippen LogP contribution in [0.15, 0.2) is 48.5 Å². The maximum atomic E-state index is 12.9. The number of benzene rings is 2. The third-order valence-corrected chi connectivity index (χ3v) is 5.91. The molecular formula is C23H25N7O. The van der Waals surface area contributed by atoms with E-state index >= 15 is 0 Å². The monoisotopic (exact) mass is 415 g/mol. The van der Waals surface area contributed by atoms with Crippen LogP contribution < -0.4 is 5.73 Å². The second-order valence-electron chi connectivity index (χ2n) is 7.93. The van der Waals surface area contributed by atoms with Gasteiger partial charge < -0.3 is 15.2 Å². The van der Waals surface area contributed by atoms with Gasteiger partial charge in [-0.2, -0.15) is 0 Å². The molecule has 0 bridgehead atoms. The zero-order valence-electron chi connectivity index (χ0n) is 17.5. The number of nitrogen functional groups attached to an aromatic ring is 1. The van der Waals surface area contributed by atoms with E-state index in [1.54, 1.807) is 0 Å². The van der Waals surface area contributed by atoms with Gasteiger partial charge in [0.15, 0.2) is 0 Å². The van der Waals surface area contributed by atoms with Gasteiger partial charge in [0.1, 0.15) is 24.0 Å². The quantitative estimate of drug-likeness (QED) is 0.549. The molecule has 2 aromatic carbocycles. The Labute approximate surface area is 180 Å². The molecule has 0 aliphatic carbocycles. The maximum Gasteiger partial charge on any atom is 0.242 e. The molecule has 0 spiro atoms. The van der Waals surface area contributed by atoms with Gasteiger partial charge in [-0.25, -0.2) is 15.0 Å². The summed E-state index contributed by atoms with van der Waals surface area (Å²) >= 11 is 0. The number of fused-ring (bicyclic) bond motifs is 2. The molecule has 0 unspecified atom stereocenters. The average molecular weight is 416 g/mol. The summed E-state index contributed by atoms with van der Waals surface area (Å²) in [5.74, 6) is 2.21. The number of amides is 1. The van der Waals surface area contributed by atoms with Crippen molar-refractivity contribution in [1.29, 1.82) is 0 Å². The van der Waals surface area contributed by atoms with Crippen molar-refractivity contribution in [3.05, 3.63) is 60.2 Å². The van der Waals surface area contributed by atoms with E-state index < -0.39 is 0 Å². The van der Waals surface area contributed by atoms with Gasteiger partial charge >= 0.3 is 0 Å². The summed E-state index contributed by atoms with van der Waals surface area (Å²) in [5.41, 5.74) is 8.89. The Morgan fingerprint density at radius 3 is 2.45 bits per heavy atom. The average Bonchev–Trinajstić information content (AvgIpc) is 3.09. The minimum atomic E-state index is 0.122. The lowest BCUT2D eigenvalue weighted by molar-refractivity contribution is -0.133. The summed E-state index contributed by atoms with van der Waals surface area (Å²) in [6.45, 7) is 5.83. The number of nitrogens with zero attached hydrogens (tertiary/aromatic N) is 6. The number of carbonyl (C=O) groups is 1. The number of piperazine rings is 1. The summed E-state index contributed by atoms with van der Waals surface area (Å²) < 4.78 is 2.00. The van der Waals surface area contributed by atoms with Crippen LogP contribution in [0, 0.1) is 6.92 Å². The van der Waals surface area contributed by atoms with Crippen LogP contribution in [0.4, 0.5) is 5.82 Å². The number of nitrogens with two attached hydrogens (primary N) is 1. The molecular weight excluding hydrogens is 390 g/mol. The maximum absolute atomic E-state index is 12.9. The predicted octanol–water partition coefficient (Wildman–Crippen LogP) is 2.21. The number of rotatable bonds is 4. The summed E-state index contributed by atoms with van der Waals surface area (Å²) in [5, 5.41) is 0.879. The number of hydrogen-bond acceptors (Lipinski definition) is 6. The van der Waals surface area contributed by atoms with Gasteiger partial charge in [-0.3, -0.25) is 9.69 Å². The molecule has 1 fully saturated rings. The van der Waals surface area contributed by atoms with E-state index in [1.165, 1.54) is 0 Å². The zero-order chi connectivity index (χ0) is 21.4. The molecule has 1 aliphatic heterocycles. The van der Waals surface area contributed by atoms with E-state index in [2.05, 4.69) is 19.9 Å². The highest BCUT2D eigenvalue weighted by molar-refractivity contribution is 5.87. The predicted molar refractivity (Wildman–Crippen MR) is 120 cm³/mol. The summed E-state index contributed by atoms with van der Waals surface area (Å²) in [6.07, 6.45) is 0. The van der Waals surface area contributed by atoms with Crippen LogP contribution in [0.2, 0.25) is 0 Å². The summed E-state index contributed by atoms with van der Waals surface area (Å²) in [6, 6.07) is 15.7. The fourth-order valence-corrected chi connectivity index (χ4v) is 4.21. The standard InChI is InChI=1S/C23H25N7O/c1-16-25-19-8-4-5-9-20(19)30(16)15-22(31)29-12-10-28(11-13-29)14-21-26-18-7-3-2-6-17(18)23(24)27-21/h2-9H,10-15H2,1H3,(H2,24,26,27). The molecule has 1 saturated heterocycles. The molecule has 0 radical (unpaired) electrons. The van der Waals surface area contributed by atoms with Crippen LogP contribution >= 0.6 is 0 Å². The Morgan fingerprint density at radius 2 is 1.65 bits per heavy atom. The lowest BCUT2D eigenvalue weighted by Crippen LogP contribution is -2.49. The molecule has 5 rings (SSSR count). The molecule has 4 aromatic rings. The lowest BCUT2D eigenvalue weighted by atomic mass is 10.2. The molecule has 2 aromatic heterocycles. The van der Waals surface area contributed by atoms with Crippen molar-refractivity contribution >= 4 is 33.7 Å². The van der Waals surface area contributed by atoms with Crippen molar-refractivity contribution in [3.63, 3.8) is 0 Å². The molecule has 1 aliphatic rings. The molecule has 8 nitrogen and oxygen atoms in total. The van der Waals surface area contributed by atoms with Gasteiger partial charge in [0.25, 0.3) is 0 Å². The molecule has 158 valence electrons. The van der Waals surface area contributed by atoms with Gasteiger partial charge in [-0.15, -0.1) is 0 Å². The van der Waals surface area contributed by atoms with Gasteiger partial charge in [0.05, 0.1) is 23.1 Å². The largest absolute Gasteiger partial charge is 0.383 e. The first-order valence-corrected chi connectivity index (χ1v) is 10.5. The summed E-state index contributed by atoms with van der Waals surface area (Å²) in [7, 11) is 0. The number of para-hydroxylation sites is 3. The minimum Gasteiger partial charge on any atom is -0.383 e. The van der Waals surface area contributed by atoms with Gasteiger partial charge in [0.2, 0.25) is 5.91 Å². The van der Waals surface area contributed by atoms with E-state index in [-0.39, 0.29) is 5.91 Å². The van der Waals surface area contributed by atoms with Crippen molar-refractivity contribution in [3.8, 4) is 0 Å². The lowest BCUT2D eigenvalue weighted by Gasteiger charge is -2.34. The third kappa shape index (κ3) is 3.82. The van der Waals surface area contributed by atoms with Crippen LogP contribution in [-0.2, 0) is 17.9 Å². The zero-order valence-corrected chi connectivity index (χ0v) is 17.5. The van der Waals surface area contributed by atoms with E-state index in [4.69, 9.17) is 5.73 Å². The van der Waals surface area contributed by atoms with E-state index in [0.717, 1.165) is 46.7 Å². The van der Waals surface area contributed by atoms with Crippen LogP contribution in [0.1, 0.15) is 11.6 Å². The Morgan fingerprint density at radius 1 is 0.935 bits per heavy atom. The van der Waals surface area contributed by atoms with E-state index in [0.29, 0.717) is 32.0 Å². The smallest absolute Gasteiger partial charge is 0.242 e. The molecule has 1 amide bonds. The van der Waals surface area contributed by atoms with Crippen LogP contribution in [0.25, 0.3) is 21.9 Å². The van der Waals surface area contributed by atoms with E-state index in [9.17, 15) is 4.79 Å². The van der Waals surface area contributed by atoms with E-state index in [1.807, 2.05) is 64.9 Å². The number of aryl methyl sites for hydroxylation is 1. The highest BCUT2D eigenvalue weighted by Gasteiger charge is 2.23. The highest BCUT2D eigenvalue weighted by atomic mass is 16.2. The minimum absolute atomic E-state index is 0.122.